The summed E-state index contributed by atoms with van der Waals surface area (Å²) in [4.78, 5) is 12.0. The van der Waals surface area contributed by atoms with Crippen molar-refractivity contribution in [2.24, 2.45) is 0 Å². The molecule has 0 atom stereocenters. The molecule has 0 aliphatic rings. The maximum Gasteiger partial charge on any atom is 0.291 e. The molecule has 0 saturated heterocycles. The van der Waals surface area contributed by atoms with E-state index in [9.17, 15) is 4.79 Å². The number of hydrogen-bond donors (Lipinski definition) is 2. The molecule has 0 bridgehead atoms. The molecular weight excluding hydrogens is 254 g/mol. The molecule has 102 valence electrons. The SMILES string of the molecule is Cc1ccc(C(=O)Nc2ccccc2C#CCCO)o1. The molecule has 0 radical (unpaired) electrons. The molecule has 0 unspecified atom stereocenters. The summed E-state index contributed by atoms with van der Waals surface area (Å²) in [6.07, 6.45) is 0.402. The zero-order valence-corrected chi connectivity index (χ0v) is 11.1. The van der Waals surface area contributed by atoms with Crippen LogP contribution in [0.3, 0.4) is 0 Å². The number of amides is 1. The Morgan fingerprint density at radius 3 is 2.80 bits per heavy atom. The van der Waals surface area contributed by atoms with E-state index in [1.165, 1.54) is 0 Å². The zero-order chi connectivity index (χ0) is 14.4. The topological polar surface area (TPSA) is 62.5 Å². The second-order valence-electron chi connectivity index (χ2n) is 4.19. The van der Waals surface area contributed by atoms with Gasteiger partial charge >= 0.3 is 0 Å². The van der Waals surface area contributed by atoms with Crippen molar-refractivity contribution in [3.05, 3.63) is 53.5 Å². The smallest absolute Gasteiger partial charge is 0.291 e. The van der Waals surface area contributed by atoms with Gasteiger partial charge in [0.1, 0.15) is 5.76 Å². The van der Waals surface area contributed by atoms with E-state index in [1.807, 2.05) is 18.2 Å². The maximum atomic E-state index is 12.0. The summed E-state index contributed by atoms with van der Waals surface area (Å²) in [6.45, 7) is 1.80. The third-order valence-electron chi connectivity index (χ3n) is 2.60. The fourth-order valence-electron chi connectivity index (χ4n) is 1.66. The van der Waals surface area contributed by atoms with Crippen LogP contribution in [0.15, 0.2) is 40.8 Å². The molecule has 4 heteroatoms. The monoisotopic (exact) mass is 269 g/mol. The lowest BCUT2D eigenvalue weighted by atomic mass is 10.1. The Kier molecular flexibility index (Phi) is 4.59. The lowest BCUT2D eigenvalue weighted by Gasteiger charge is -2.05. The molecule has 20 heavy (non-hydrogen) atoms. The van der Waals surface area contributed by atoms with Crippen LogP contribution in [0.1, 0.15) is 28.3 Å². The molecule has 0 spiro atoms. The molecule has 1 aromatic heterocycles. The second kappa shape index (κ2) is 6.60. The van der Waals surface area contributed by atoms with Crippen LogP contribution in [-0.4, -0.2) is 17.6 Å². The predicted octanol–water partition coefficient (Wildman–Crippen LogP) is 2.57. The Labute approximate surface area is 117 Å². The van der Waals surface area contributed by atoms with Gasteiger partial charge in [0.15, 0.2) is 5.76 Å². The van der Waals surface area contributed by atoms with Crippen molar-refractivity contribution >= 4 is 11.6 Å². The van der Waals surface area contributed by atoms with Gasteiger partial charge in [0.05, 0.1) is 12.3 Å². The van der Waals surface area contributed by atoms with E-state index in [1.54, 1.807) is 25.1 Å². The number of aliphatic hydroxyl groups excluding tert-OH is 1. The maximum absolute atomic E-state index is 12.0. The van der Waals surface area contributed by atoms with Crippen LogP contribution >= 0.6 is 0 Å². The molecule has 0 aliphatic carbocycles. The molecule has 0 saturated carbocycles. The number of carbonyl (C=O) groups excluding carboxylic acids is 1. The fourth-order valence-corrected chi connectivity index (χ4v) is 1.66. The van der Waals surface area contributed by atoms with Crippen molar-refractivity contribution in [3.8, 4) is 11.8 Å². The van der Waals surface area contributed by atoms with Gasteiger partial charge in [0, 0.05) is 12.0 Å². The van der Waals surface area contributed by atoms with Gasteiger partial charge in [-0.15, -0.1) is 0 Å². The summed E-state index contributed by atoms with van der Waals surface area (Å²) in [6, 6.07) is 10.6. The molecule has 0 aliphatic heterocycles. The third kappa shape index (κ3) is 3.50. The predicted molar refractivity (Wildman–Crippen MR) is 76.4 cm³/mol. The Morgan fingerprint density at radius 2 is 2.10 bits per heavy atom. The van der Waals surface area contributed by atoms with Crippen molar-refractivity contribution in [2.45, 2.75) is 13.3 Å². The number of aliphatic hydroxyl groups is 1. The Hall–Kier alpha value is -2.51. The van der Waals surface area contributed by atoms with Gasteiger partial charge < -0.3 is 14.8 Å². The summed E-state index contributed by atoms with van der Waals surface area (Å²) in [5.41, 5.74) is 1.33. The van der Waals surface area contributed by atoms with Gasteiger partial charge in [-0.05, 0) is 31.2 Å². The molecule has 0 fully saturated rings. The number of rotatable bonds is 3. The first-order valence-electron chi connectivity index (χ1n) is 6.27. The highest BCUT2D eigenvalue weighted by Gasteiger charge is 2.11. The molecule has 2 rings (SSSR count). The van der Waals surface area contributed by atoms with E-state index in [4.69, 9.17) is 9.52 Å². The summed E-state index contributed by atoms with van der Waals surface area (Å²) < 4.78 is 5.27. The van der Waals surface area contributed by atoms with Crippen LogP contribution < -0.4 is 5.32 Å². The van der Waals surface area contributed by atoms with Crippen molar-refractivity contribution in [2.75, 3.05) is 11.9 Å². The summed E-state index contributed by atoms with van der Waals surface area (Å²) in [7, 11) is 0. The minimum atomic E-state index is -0.311. The molecular formula is C16H15NO3. The van der Waals surface area contributed by atoms with E-state index >= 15 is 0 Å². The average Bonchev–Trinajstić information content (AvgIpc) is 2.88. The van der Waals surface area contributed by atoms with Crippen LogP contribution in [0, 0.1) is 18.8 Å². The summed E-state index contributed by atoms with van der Waals surface area (Å²) >= 11 is 0. The van der Waals surface area contributed by atoms with Crippen LogP contribution in [0.25, 0.3) is 0 Å². The number of furan rings is 1. The quantitative estimate of drug-likeness (QED) is 0.842. The third-order valence-corrected chi connectivity index (χ3v) is 2.60. The van der Waals surface area contributed by atoms with Crippen LogP contribution in [-0.2, 0) is 0 Å². The average molecular weight is 269 g/mol. The first-order chi connectivity index (χ1) is 9.70. The van der Waals surface area contributed by atoms with E-state index in [0.29, 0.717) is 23.4 Å². The normalized spacial score (nSPS) is 9.70. The van der Waals surface area contributed by atoms with Gasteiger partial charge in [-0.25, -0.2) is 0 Å². The minimum absolute atomic E-state index is 0.0210. The summed E-state index contributed by atoms with van der Waals surface area (Å²) in [5.74, 6) is 6.40. The van der Waals surface area contributed by atoms with E-state index in [-0.39, 0.29) is 18.3 Å². The number of para-hydroxylation sites is 1. The zero-order valence-electron chi connectivity index (χ0n) is 11.1. The minimum Gasteiger partial charge on any atom is -0.456 e. The number of nitrogens with one attached hydrogen (secondary N) is 1. The number of hydrogen-bond acceptors (Lipinski definition) is 3. The number of carbonyl (C=O) groups is 1. The summed E-state index contributed by atoms with van der Waals surface area (Å²) in [5, 5.41) is 11.5. The van der Waals surface area contributed by atoms with Crippen LogP contribution in [0.2, 0.25) is 0 Å². The standard InChI is InChI=1S/C16H15NO3/c1-12-9-10-15(20-12)16(19)17-14-8-3-2-6-13(14)7-4-5-11-18/h2-3,6,8-10,18H,5,11H2,1H3,(H,17,19). The lowest BCUT2D eigenvalue weighted by Crippen LogP contribution is -2.11. The van der Waals surface area contributed by atoms with Crippen molar-refractivity contribution in [3.63, 3.8) is 0 Å². The molecule has 1 heterocycles. The van der Waals surface area contributed by atoms with E-state index in [0.717, 1.165) is 0 Å². The Balaban J connectivity index is 2.17. The van der Waals surface area contributed by atoms with Crippen LogP contribution in [0.5, 0.6) is 0 Å². The molecule has 4 nitrogen and oxygen atoms in total. The van der Waals surface area contributed by atoms with E-state index < -0.39 is 0 Å². The molecule has 1 aromatic carbocycles. The lowest BCUT2D eigenvalue weighted by molar-refractivity contribution is 0.0995. The van der Waals surface area contributed by atoms with Gasteiger partial charge in [0.25, 0.3) is 5.91 Å². The first-order valence-corrected chi connectivity index (χ1v) is 6.27. The first kappa shape index (κ1) is 13.9. The fraction of sp³-hybridized carbons (Fsp3) is 0.188. The number of aryl methyl sites for hydroxylation is 1. The van der Waals surface area contributed by atoms with Gasteiger partial charge in [-0.2, -0.15) is 0 Å². The van der Waals surface area contributed by atoms with Crippen molar-refractivity contribution in [1.82, 2.24) is 0 Å². The number of anilines is 1. The van der Waals surface area contributed by atoms with Crippen LogP contribution in [0.4, 0.5) is 5.69 Å². The Bertz CT molecular complexity index is 662. The van der Waals surface area contributed by atoms with Gasteiger partial charge in [-0.3, -0.25) is 4.79 Å². The highest BCUT2D eigenvalue weighted by molar-refractivity contribution is 6.03. The van der Waals surface area contributed by atoms with Crippen molar-refractivity contribution < 1.29 is 14.3 Å². The highest BCUT2D eigenvalue weighted by atomic mass is 16.3. The highest BCUT2D eigenvalue weighted by Crippen LogP contribution is 2.16. The molecule has 1 amide bonds. The van der Waals surface area contributed by atoms with Crippen molar-refractivity contribution in [1.29, 1.82) is 0 Å². The van der Waals surface area contributed by atoms with Gasteiger partial charge in [-0.1, -0.05) is 24.0 Å². The molecule has 2 N–H and O–H groups in total. The van der Waals surface area contributed by atoms with E-state index in [2.05, 4.69) is 17.2 Å². The number of benzene rings is 1. The largest absolute Gasteiger partial charge is 0.456 e. The molecule has 2 aromatic rings. The van der Waals surface area contributed by atoms with Gasteiger partial charge in [0.2, 0.25) is 0 Å². The second-order valence-corrected chi connectivity index (χ2v) is 4.19. The Morgan fingerprint density at radius 1 is 1.30 bits per heavy atom.